The molecule has 0 bridgehead atoms. The zero-order valence-electron chi connectivity index (χ0n) is 9.06. The Morgan fingerprint density at radius 2 is 2.12 bits per heavy atom. The van der Waals surface area contributed by atoms with Crippen LogP contribution in [0, 0.1) is 15.9 Å². The molecule has 0 N–H and O–H groups in total. The average Bonchev–Trinajstić information content (AvgIpc) is 2.29. The van der Waals surface area contributed by atoms with Gasteiger partial charge >= 0.3 is 5.69 Å². The molecule has 0 aliphatic carbocycles. The lowest BCUT2D eigenvalue weighted by atomic mass is 10.1. The van der Waals surface area contributed by atoms with Gasteiger partial charge in [-0.15, -0.1) is 0 Å². The lowest BCUT2D eigenvalue weighted by Crippen LogP contribution is -2.35. The first kappa shape index (κ1) is 11.5. The van der Waals surface area contributed by atoms with E-state index in [0.717, 1.165) is 25.0 Å². The SMILES string of the molecule is O=C1CCCCN1c1ccc([N+](=O)[O-])c(F)c1. The maximum Gasteiger partial charge on any atom is 0.304 e. The van der Waals surface area contributed by atoms with Gasteiger partial charge in [0.15, 0.2) is 0 Å². The number of halogens is 1. The van der Waals surface area contributed by atoms with Crippen LogP contribution in [0.2, 0.25) is 0 Å². The summed E-state index contributed by atoms with van der Waals surface area (Å²) in [5.41, 5.74) is -0.184. The van der Waals surface area contributed by atoms with Gasteiger partial charge in [0.05, 0.1) is 4.92 Å². The van der Waals surface area contributed by atoms with E-state index < -0.39 is 16.4 Å². The van der Waals surface area contributed by atoms with Crippen molar-refractivity contribution in [3.63, 3.8) is 0 Å². The molecule has 1 aromatic rings. The first-order valence-corrected chi connectivity index (χ1v) is 5.34. The van der Waals surface area contributed by atoms with Crippen molar-refractivity contribution < 1.29 is 14.1 Å². The molecule has 6 heteroatoms. The average molecular weight is 238 g/mol. The highest BCUT2D eigenvalue weighted by atomic mass is 19.1. The molecule has 1 saturated heterocycles. The normalized spacial score (nSPS) is 16.1. The molecule has 1 aliphatic rings. The molecule has 1 heterocycles. The minimum absolute atomic E-state index is 0.0653. The Morgan fingerprint density at radius 3 is 2.71 bits per heavy atom. The number of hydrogen-bond donors (Lipinski definition) is 0. The summed E-state index contributed by atoms with van der Waals surface area (Å²) in [4.78, 5) is 22.7. The summed E-state index contributed by atoms with van der Waals surface area (Å²) in [6.45, 7) is 0.538. The van der Waals surface area contributed by atoms with Gasteiger partial charge in [-0.2, -0.15) is 4.39 Å². The molecule has 0 radical (unpaired) electrons. The highest BCUT2D eigenvalue weighted by Crippen LogP contribution is 2.26. The second kappa shape index (κ2) is 4.48. The largest absolute Gasteiger partial charge is 0.312 e. The number of anilines is 1. The maximum atomic E-state index is 13.4. The fourth-order valence-corrected chi connectivity index (χ4v) is 1.89. The van der Waals surface area contributed by atoms with Crippen LogP contribution in [0.4, 0.5) is 15.8 Å². The first-order chi connectivity index (χ1) is 8.09. The van der Waals surface area contributed by atoms with Crippen molar-refractivity contribution in [3.05, 3.63) is 34.1 Å². The number of piperidine rings is 1. The monoisotopic (exact) mass is 238 g/mol. The van der Waals surface area contributed by atoms with Gasteiger partial charge in [0, 0.05) is 30.8 Å². The molecule has 1 aromatic carbocycles. The second-order valence-electron chi connectivity index (χ2n) is 3.90. The standard InChI is InChI=1S/C11H11FN2O3/c12-9-7-8(4-5-10(9)14(16)17)13-6-2-1-3-11(13)15/h4-5,7H,1-3,6H2. The number of rotatable bonds is 2. The topological polar surface area (TPSA) is 63.5 Å². The Labute approximate surface area is 97.0 Å². The lowest BCUT2D eigenvalue weighted by molar-refractivity contribution is -0.387. The zero-order chi connectivity index (χ0) is 12.4. The Kier molecular flexibility index (Phi) is 3.03. The van der Waals surface area contributed by atoms with Crippen molar-refractivity contribution in [1.82, 2.24) is 0 Å². The summed E-state index contributed by atoms with van der Waals surface area (Å²) in [5, 5.41) is 10.5. The van der Waals surface area contributed by atoms with E-state index in [-0.39, 0.29) is 5.91 Å². The van der Waals surface area contributed by atoms with Gasteiger partial charge in [0.2, 0.25) is 11.7 Å². The molecule has 0 unspecified atom stereocenters. The van der Waals surface area contributed by atoms with Crippen molar-refractivity contribution in [2.75, 3.05) is 11.4 Å². The summed E-state index contributed by atoms with van der Waals surface area (Å²) in [6.07, 6.45) is 2.15. The third-order valence-electron chi connectivity index (χ3n) is 2.76. The number of hydrogen-bond acceptors (Lipinski definition) is 3. The molecule has 0 saturated carbocycles. The van der Waals surface area contributed by atoms with Gasteiger partial charge in [-0.25, -0.2) is 0 Å². The quantitative estimate of drug-likeness (QED) is 0.586. The van der Waals surface area contributed by atoms with Gasteiger partial charge in [-0.1, -0.05) is 0 Å². The number of carbonyl (C=O) groups is 1. The number of carbonyl (C=O) groups excluding carboxylic acids is 1. The van der Waals surface area contributed by atoms with Gasteiger partial charge in [-0.3, -0.25) is 14.9 Å². The number of nitro benzene ring substituents is 1. The number of benzene rings is 1. The summed E-state index contributed by atoms with van der Waals surface area (Å²) >= 11 is 0. The summed E-state index contributed by atoms with van der Waals surface area (Å²) in [5.74, 6) is -0.977. The Hall–Kier alpha value is -1.98. The van der Waals surface area contributed by atoms with Crippen LogP contribution in [0.3, 0.4) is 0 Å². The lowest BCUT2D eigenvalue weighted by Gasteiger charge is -2.26. The third-order valence-corrected chi connectivity index (χ3v) is 2.76. The van der Waals surface area contributed by atoms with Gasteiger partial charge in [0.1, 0.15) is 0 Å². The summed E-state index contributed by atoms with van der Waals surface area (Å²) in [6, 6.07) is 3.54. The predicted octanol–water partition coefficient (Wildman–Crippen LogP) is 2.25. The Morgan fingerprint density at radius 1 is 1.35 bits per heavy atom. The number of nitro groups is 1. The van der Waals surface area contributed by atoms with Crippen LogP contribution in [0.5, 0.6) is 0 Å². The maximum absolute atomic E-state index is 13.4. The molecular formula is C11H11FN2O3. The van der Waals surface area contributed by atoms with Gasteiger partial charge in [-0.05, 0) is 18.9 Å². The van der Waals surface area contributed by atoms with Gasteiger partial charge < -0.3 is 4.90 Å². The minimum Gasteiger partial charge on any atom is -0.312 e. The van der Waals surface area contributed by atoms with E-state index in [4.69, 9.17) is 0 Å². The molecule has 17 heavy (non-hydrogen) atoms. The molecule has 90 valence electrons. The summed E-state index contributed by atoms with van der Waals surface area (Å²) in [7, 11) is 0. The fraction of sp³-hybridized carbons (Fsp3) is 0.364. The van der Waals surface area contributed by atoms with Crippen LogP contribution >= 0.6 is 0 Å². The van der Waals surface area contributed by atoms with Crippen molar-refractivity contribution >= 4 is 17.3 Å². The van der Waals surface area contributed by atoms with E-state index in [0.29, 0.717) is 18.7 Å². The highest BCUT2D eigenvalue weighted by Gasteiger charge is 2.22. The van der Waals surface area contributed by atoms with Crippen molar-refractivity contribution in [2.24, 2.45) is 0 Å². The van der Waals surface area contributed by atoms with Crippen LogP contribution in [0.15, 0.2) is 18.2 Å². The predicted molar refractivity (Wildman–Crippen MR) is 59.3 cm³/mol. The van der Waals surface area contributed by atoms with Crippen molar-refractivity contribution in [3.8, 4) is 0 Å². The van der Waals surface area contributed by atoms with E-state index in [1.54, 1.807) is 0 Å². The molecule has 1 fully saturated rings. The molecule has 1 aliphatic heterocycles. The first-order valence-electron chi connectivity index (χ1n) is 5.34. The van der Waals surface area contributed by atoms with Gasteiger partial charge in [0.25, 0.3) is 0 Å². The molecule has 0 spiro atoms. The molecule has 5 nitrogen and oxygen atoms in total. The van der Waals surface area contributed by atoms with Crippen LogP contribution in [0.25, 0.3) is 0 Å². The second-order valence-corrected chi connectivity index (χ2v) is 3.90. The van der Waals surface area contributed by atoms with E-state index >= 15 is 0 Å². The molecular weight excluding hydrogens is 227 g/mol. The van der Waals surface area contributed by atoms with E-state index in [2.05, 4.69) is 0 Å². The van der Waals surface area contributed by atoms with E-state index in [9.17, 15) is 19.3 Å². The van der Waals surface area contributed by atoms with Crippen LogP contribution in [-0.4, -0.2) is 17.4 Å². The highest BCUT2D eigenvalue weighted by molar-refractivity contribution is 5.94. The summed E-state index contributed by atoms with van der Waals surface area (Å²) < 4.78 is 13.4. The number of nitrogens with zero attached hydrogens (tertiary/aromatic N) is 2. The molecule has 1 amide bonds. The third kappa shape index (κ3) is 2.25. The molecule has 0 atom stereocenters. The molecule has 2 rings (SSSR count). The van der Waals surface area contributed by atoms with Crippen molar-refractivity contribution in [1.29, 1.82) is 0 Å². The minimum atomic E-state index is -0.911. The van der Waals surface area contributed by atoms with Crippen LogP contribution in [0.1, 0.15) is 19.3 Å². The zero-order valence-corrected chi connectivity index (χ0v) is 9.06. The van der Waals surface area contributed by atoms with Crippen molar-refractivity contribution in [2.45, 2.75) is 19.3 Å². The van der Waals surface area contributed by atoms with E-state index in [1.807, 2.05) is 0 Å². The smallest absolute Gasteiger partial charge is 0.304 e. The molecule has 0 aromatic heterocycles. The van der Waals surface area contributed by atoms with Crippen LogP contribution < -0.4 is 4.90 Å². The Balaban J connectivity index is 2.30. The van der Waals surface area contributed by atoms with E-state index in [1.165, 1.54) is 11.0 Å². The number of amides is 1. The Bertz CT molecular complexity index is 476. The fourth-order valence-electron chi connectivity index (χ4n) is 1.89. The van der Waals surface area contributed by atoms with Crippen LogP contribution in [-0.2, 0) is 4.79 Å².